The molecule has 1 aromatic carbocycles. The Bertz CT molecular complexity index is 395. The van der Waals surface area contributed by atoms with E-state index in [9.17, 15) is 22.7 Å². The lowest BCUT2D eigenvalue weighted by atomic mass is 10.1. The quantitative estimate of drug-likeness (QED) is 0.660. The second-order valence-corrected chi connectivity index (χ2v) is 4.50. The lowest BCUT2D eigenvalue weighted by Gasteiger charge is -2.12. The van der Waals surface area contributed by atoms with Gasteiger partial charge in [-0.15, -0.1) is 0 Å². The highest BCUT2D eigenvalue weighted by Crippen LogP contribution is 2.23. The highest BCUT2D eigenvalue weighted by molar-refractivity contribution is 9.10. The first-order valence-electron chi connectivity index (χ1n) is 5.07. The minimum atomic E-state index is -4.37. The minimum Gasteiger partial charge on any atom is -0.388 e. The van der Waals surface area contributed by atoms with E-state index < -0.39 is 24.7 Å². The fraction of sp³-hybridized carbons (Fsp3) is 0.455. The summed E-state index contributed by atoms with van der Waals surface area (Å²) in [6.45, 7) is -1.57. The maximum Gasteiger partial charge on any atom is 0.411 e. The molecule has 1 rings (SSSR count). The topological polar surface area (TPSA) is 29.5 Å². The van der Waals surface area contributed by atoms with E-state index in [4.69, 9.17) is 0 Å². The molecule has 0 aromatic heterocycles. The van der Waals surface area contributed by atoms with Crippen LogP contribution in [0.4, 0.5) is 17.6 Å². The van der Waals surface area contributed by atoms with Gasteiger partial charge in [0.15, 0.2) is 0 Å². The number of rotatable bonds is 5. The molecule has 0 amide bonds. The van der Waals surface area contributed by atoms with Gasteiger partial charge in [-0.25, -0.2) is 4.39 Å². The Kier molecular flexibility index (Phi) is 5.55. The van der Waals surface area contributed by atoms with E-state index in [1.165, 1.54) is 18.2 Å². The second-order valence-electron chi connectivity index (χ2n) is 3.65. The van der Waals surface area contributed by atoms with E-state index >= 15 is 0 Å². The van der Waals surface area contributed by atoms with Crippen molar-refractivity contribution in [3.8, 4) is 0 Å². The molecule has 1 unspecified atom stereocenters. The summed E-state index contributed by atoms with van der Waals surface area (Å²) < 4.78 is 52.8. The molecule has 1 N–H and O–H groups in total. The molecule has 0 bridgehead atoms. The number of ether oxygens (including phenoxy) is 1. The van der Waals surface area contributed by atoms with Crippen LogP contribution in [0.15, 0.2) is 22.7 Å². The molecule has 0 radical (unpaired) electrons. The van der Waals surface area contributed by atoms with Gasteiger partial charge in [-0.2, -0.15) is 13.2 Å². The Morgan fingerprint density at radius 2 is 2.00 bits per heavy atom. The zero-order valence-corrected chi connectivity index (χ0v) is 10.8. The van der Waals surface area contributed by atoms with Gasteiger partial charge in [0.2, 0.25) is 0 Å². The standard InChI is InChI=1S/C11H11BrF4O2/c12-8-5-7(1-2-9(8)13)10(17)3-4-18-6-11(14,15)16/h1-2,5,10,17H,3-4,6H2. The van der Waals surface area contributed by atoms with Crippen molar-refractivity contribution in [3.63, 3.8) is 0 Å². The van der Waals surface area contributed by atoms with E-state index in [-0.39, 0.29) is 17.5 Å². The molecule has 0 aliphatic rings. The van der Waals surface area contributed by atoms with Crippen LogP contribution in [-0.2, 0) is 4.74 Å². The third-order valence-electron chi connectivity index (χ3n) is 2.13. The van der Waals surface area contributed by atoms with E-state index in [0.717, 1.165) is 0 Å². The molecule has 0 aliphatic carbocycles. The average molecular weight is 331 g/mol. The monoisotopic (exact) mass is 330 g/mol. The Morgan fingerprint density at radius 3 is 2.56 bits per heavy atom. The minimum absolute atomic E-state index is 0.00809. The highest BCUT2D eigenvalue weighted by Gasteiger charge is 2.27. The first kappa shape index (κ1) is 15.4. The number of aliphatic hydroxyl groups excluding tert-OH is 1. The van der Waals surface area contributed by atoms with Crippen LogP contribution in [-0.4, -0.2) is 24.5 Å². The Morgan fingerprint density at radius 1 is 1.33 bits per heavy atom. The van der Waals surface area contributed by atoms with Crippen molar-refractivity contribution in [2.24, 2.45) is 0 Å². The first-order chi connectivity index (χ1) is 8.29. The molecule has 0 spiro atoms. The summed E-state index contributed by atoms with van der Waals surface area (Å²) in [5.74, 6) is -0.473. The molecule has 18 heavy (non-hydrogen) atoms. The summed E-state index contributed by atoms with van der Waals surface area (Å²) in [6.07, 6.45) is -5.35. The third kappa shape index (κ3) is 5.32. The lowest BCUT2D eigenvalue weighted by Crippen LogP contribution is -2.18. The van der Waals surface area contributed by atoms with Crippen LogP contribution in [0.5, 0.6) is 0 Å². The van der Waals surface area contributed by atoms with Crippen molar-refractivity contribution in [2.75, 3.05) is 13.2 Å². The van der Waals surface area contributed by atoms with Gasteiger partial charge in [-0.05, 0) is 33.6 Å². The molecule has 1 atom stereocenters. The Balaban J connectivity index is 2.41. The van der Waals surface area contributed by atoms with E-state index in [2.05, 4.69) is 20.7 Å². The fourth-order valence-corrected chi connectivity index (χ4v) is 1.67. The molecule has 2 nitrogen and oxygen atoms in total. The maximum atomic E-state index is 12.9. The number of halogens is 5. The van der Waals surface area contributed by atoms with Crippen LogP contribution in [0.1, 0.15) is 18.1 Å². The molecule has 0 saturated heterocycles. The van der Waals surface area contributed by atoms with Crippen molar-refractivity contribution in [2.45, 2.75) is 18.7 Å². The zero-order valence-electron chi connectivity index (χ0n) is 9.18. The summed E-state index contributed by atoms with van der Waals surface area (Å²) in [4.78, 5) is 0. The smallest absolute Gasteiger partial charge is 0.388 e. The largest absolute Gasteiger partial charge is 0.411 e. The van der Waals surface area contributed by atoms with Gasteiger partial charge in [0.05, 0.1) is 10.6 Å². The van der Waals surface area contributed by atoms with Gasteiger partial charge < -0.3 is 9.84 Å². The molecule has 1 aromatic rings. The summed E-state index contributed by atoms with van der Waals surface area (Å²) in [5.41, 5.74) is 0.416. The van der Waals surface area contributed by atoms with Crippen LogP contribution in [0, 0.1) is 5.82 Å². The highest BCUT2D eigenvalue weighted by atomic mass is 79.9. The molecular weight excluding hydrogens is 320 g/mol. The molecule has 102 valence electrons. The first-order valence-corrected chi connectivity index (χ1v) is 5.86. The van der Waals surface area contributed by atoms with Crippen LogP contribution in [0.3, 0.4) is 0 Å². The van der Waals surface area contributed by atoms with E-state index in [1.54, 1.807) is 0 Å². The summed E-state index contributed by atoms with van der Waals surface area (Å²) in [6, 6.07) is 3.91. The van der Waals surface area contributed by atoms with Crippen molar-refractivity contribution in [1.29, 1.82) is 0 Å². The van der Waals surface area contributed by atoms with E-state index in [0.29, 0.717) is 5.56 Å². The fourth-order valence-electron chi connectivity index (χ4n) is 1.27. The number of aliphatic hydroxyl groups is 1. The molecule has 0 heterocycles. The Labute approximate surface area is 110 Å². The third-order valence-corrected chi connectivity index (χ3v) is 2.74. The van der Waals surface area contributed by atoms with Crippen LogP contribution in [0.2, 0.25) is 0 Å². The number of hydrogen-bond donors (Lipinski definition) is 1. The predicted molar refractivity (Wildman–Crippen MR) is 60.6 cm³/mol. The van der Waals surface area contributed by atoms with Crippen molar-refractivity contribution >= 4 is 15.9 Å². The van der Waals surface area contributed by atoms with Crippen LogP contribution >= 0.6 is 15.9 Å². The number of benzene rings is 1. The molecule has 0 fully saturated rings. The SMILES string of the molecule is OC(CCOCC(F)(F)F)c1ccc(F)c(Br)c1. The van der Waals surface area contributed by atoms with Gasteiger partial charge in [-0.1, -0.05) is 6.07 Å². The summed E-state index contributed by atoms with van der Waals surface area (Å²) in [5, 5.41) is 9.66. The van der Waals surface area contributed by atoms with Crippen LogP contribution < -0.4 is 0 Å². The second kappa shape index (κ2) is 6.49. The summed E-state index contributed by atoms with van der Waals surface area (Å²) >= 11 is 2.96. The van der Waals surface area contributed by atoms with Crippen molar-refractivity contribution in [3.05, 3.63) is 34.1 Å². The van der Waals surface area contributed by atoms with Gasteiger partial charge in [0.25, 0.3) is 0 Å². The average Bonchev–Trinajstić information content (AvgIpc) is 2.26. The van der Waals surface area contributed by atoms with Gasteiger partial charge in [-0.3, -0.25) is 0 Å². The lowest BCUT2D eigenvalue weighted by molar-refractivity contribution is -0.175. The van der Waals surface area contributed by atoms with Gasteiger partial charge in [0, 0.05) is 13.0 Å². The molecule has 0 aliphatic heterocycles. The Hall–Kier alpha value is -0.660. The number of hydrogen-bond acceptors (Lipinski definition) is 2. The van der Waals surface area contributed by atoms with E-state index in [1.807, 2.05) is 0 Å². The van der Waals surface area contributed by atoms with Gasteiger partial charge >= 0.3 is 6.18 Å². The van der Waals surface area contributed by atoms with Crippen LogP contribution in [0.25, 0.3) is 0 Å². The number of alkyl halides is 3. The zero-order chi connectivity index (χ0) is 13.8. The van der Waals surface area contributed by atoms with Crippen molar-refractivity contribution in [1.82, 2.24) is 0 Å². The predicted octanol–water partition coefficient (Wildman–Crippen LogP) is 3.59. The normalized spacial score (nSPS) is 13.7. The molecule has 0 saturated carbocycles. The maximum absolute atomic E-state index is 12.9. The van der Waals surface area contributed by atoms with Crippen molar-refractivity contribution < 1.29 is 27.4 Å². The molecule has 7 heteroatoms. The molecular formula is C11H11BrF4O2. The van der Waals surface area contributed by atoms with Gasteiger partial charge in [0.1, 0.15) is 12.4 Å². The summed E-state index contributed by atoms with van der Waals surface area (Å²) in [7, 11) is 0.